The Kier molecular flexibility index (Phi) is 5.35. The summed E-state index contributed by atoms with van der Waals surface area (Å²) < 4.78 is 17.0. The molecule has 9 nitrogen and oxygen atoms in total. The molecule has 4 rings (SSSR count). The summed E-state index contributed by atoms with van der Waals surface area (Å²) in [5.74, 6) is 0.910. The summed E-state index contributed by atoms with van der Waals surface area (Å²) >= 11 is 0. The number of likely N-dealkylation sites (N-methyl/N-ethyl adjacent to an activating group) is 2. The molecule has 0 N–H and O–H groups in total. The van der Waals surface area contributed by atoms with E-state index in [2.05, 4.69) is 11.8 Å². The van der Waals surface area contributed by atoms with Crippen molar-refractivity contribution in [2.24, 2.45) is 0 Å². The van der Waals surface area contributed by atoms with Crippen LogP contribution in [-0.2, 0) is 0 Å². The van der Waals surface area contributed by atoms with Gasteiger partial charge in [0.25, 0.3) is 11.6 Å². The number of nitro groups is 1. The molecule has 0 bridgehead atoms. The minimum atomic E-state index is -0.578. The first kappa shape index (κ1) is 19.8. The van der Waals surface area contributed by atoms with E-state index in [1.165, 1.54) is 17.0 Å². The second-order valence-electron chi connectivity index (χ2n) is 7.20. The molecule has 0 aromatic heterocycles. The summed E-state index contributed by atoms with van der Waals surface area (Å²) in [7, 11) is 1.61. The molecule has 2 aliphatic heterocycles. The van der Waals surface area contributed by atoms with E-state index in [4.69, 9.17) is 14.2 Å². The first-order chi connectivity index (χ1) is 14.5. The number of nitrogens with zero attached hydrogens (tertiary/aromatic N) is 3. The zero-order chi connectivity index (χ0) is 21.3. The van der Waals surface area contributed by atoms with Gasteiger partial charge < -0.3 is 24.0 Å². The number of amides is 1. The van der Waals surface area contributed by atoms with Crippen LogP contribution in [0.5, 0.6) is 17.2 Å². The maximum Gasteiger partial charge on any atom is 0.286 e. The quantitative estimate of drug-likeness (QED) is 0.549. The summed E-state index contributed by atoms with van der Waals surface area (Å²) in [5.41, 5.74) is 0.684. The molecule has 2 aromatic rings. The van der Waals surface area contributed by atoms with E-state index in [9.17, 15) is 14.9 Å². The molecule has 9 heteroatoms. The van der Waals surface area contributed by atoms with Gasteiger partial charge in [0, 0.05) is 19.7 Å². The highest BCUT2D eigenvalue weighted by Gasteiger charge is 2.31. The fourth-order valence-corrected chi connectivity index (χ4v) is 3.77. The van der Waals surface area contributed by atoms with Crippen molar-refractivity contribution in [2.45, 2.75) is 13.0 Å². The Bertz CT molecular complexity index is 979. The maximum atomic E-state index is 13.1. The van der Waals surface area contributed by atoms with Gasteiger partial charge in [0.05, 0.1) is 29.8 Å². The molecule has 0 spiro atoms. The second kappa shape index (κ2) is 8.10. The molecule has 2 aromatic carbocycles. The van der Waals surface area contributed by atoms with Crippen molar-refractivity contribution in [1.29, 1.82) is 0 Å². The van der Waals surface area contributed by atoms with E-state index < -0.39 is 10.8 Å². The van der Waals surface area contributed by atoms with Gasteiger partial charge >= 0.3 is 0 Å². The average Bonchev–Trinajstić information content (AvgIpc) is 2.76. The van der Waals surface area contributed by atoms with E-state index >= 15 is 0 Å². The van der Waals surface area contributed by atoms with Crippen molar-refractivity contribution >= 4 is 17.3 Å². The molecule has 1 amide bonds. The molecule has 1 atom stereocenters. The molecule has 30 heavy (non-hydrogen) atoms. The predicted octanol–water partition coefficient (Wildman–Crippen LogP) is 2.73. The molecule has 1 unspecified atom stereocenters. The molecular formula is C21H23N3O6. The second-order valence-corrected chi connectivity index (χ2v) is 7.20. The third-order valence-corrected chi connectivity index (χ3v) is 5.22. The highest BCUT2D eigenvalue weighted by Crippen LogP contribution is 2.37. The van der Waals surface area contributed by atoms with Crippen molar-refractivity contribution in [2.75, 3.05) is 44.8 Å². The van der Waals surface area contributed by atoms with Crippen LogP contribution in [0.1, 0.15) is 17.3 Å². The van der Waals surface area contributed by atoms with Crippen LogP contribution in [0, 0.1) is 10.1 Å². The SMILES string of the molecule is CCN1CC(CN(C)C(=O)c2cc3c(cc2[N+](=O)[O-])OCCO3)Oc2ccccc21. The maximum absolute atomic E-state index is 13.1. The molecule has 0 radical (unpaired) electrons. The number of hydrogen-bond donors (Lipinski definition) is 0. The molecule has 2 heterocycles. The van der Waals surface area contributed by atoms with Crippen molar-refractivity contribution in [3.63, 3.8) is 0 Å². The zero-order valence-electron chi connectivity index (χ0n) is 16.9. The Morgan fingerprint density at radius 1 is 1.20 bits per heavy atom. The summed E-state index contributed by atoms with van der Waals surface area (Å²) in [4.78, 5) is 27.7. The van der Waals surface area contributed by atoms with Gasteiger partial charge in [0.2, 0.25) is 0 Å². The zero-order valence-corrected chi connectivity index (χ0v) is 16.9. The van der Waals surface area contributed by atoms with E-state index in [-0.39, 0.29) is 29.6 Å². The van der Waals surface area contributed by atoms with Gasteiger partial charge in [-0.05, 0) is 19.1 Å². The van der Waals surface area contributed by atoms with E-state index in [0.29, 0.717) is 25.5 Å². The summed E-state index contributed by atoms with van der Waals surface area (Å²) in [5, 5.41) is 11.6. The number of hydrogen-bond acceptors (Lipinski definition) is 7. The van der Waals surface area contributed by atoms with E-state index in [0.717, 1.165) is 18.0 Å². The summed E-state index contributed by atoms with van der Waals surface area (Å²) in [6, 6.07) is 10.4. The lowest BCUT2D eigenvalue weighted by Crippen LogP contribution is -2.46. The van der Waals surface area contributed by atoms with Gasteiger partial charge in [-0.3, -0.25) is 14.9 Å². The van der Waals surface area contributed by atoms with Crippen LogP contribution in [-0.4, -0.2) is 61.7 Å². The number of benzene rings is 2. The number of para-hydroxylation sites is 2. The van der Waals surface area contributed by atoms with Gasteiger partial charge in [-0.25, -0.2) is 0 Å². The van der Waals surface area contributed by atoms with Crippen LogP contribution < -0.4 is 19.1 Å². The first-order valence-electron chi connectivity index (χ1n) is 9.82. The predicted molar refractivity (Wildman–Crippen MR) is 110 cm³/mol. The van der Waals surface area contributed by atoms with Gasteiger partial charge in [0.15, 0.2) is 11.5 Å². The monoisotopic (exact) mass is 413 g/mol. The fraction of sp³-hybridized carbons (Fsp3) is 0.381. The largest absolute Gasteiger partial charge is 0.486 e. The van der Waals surface area contributed by atoms with Crippen molar-refractivity contribution in [3.05, 3.63) is 52.1 Å². The molecule has 2 aliphatic rings. The molecule has 0 saturated carbocycles. The Morgan fingerprint density at radius 3 is 2.60 bits per heavy atom. The molecule has 0 fully saturated rings. The van der Waals surface area contributed by atoms with Crippen LogP contribution in [0.4, 0.5) is 11.4 Å². The van der Waals surface area contributed by atoms with Crippen LogP contribution in [0.3, 0.4) is 0 Å². The minimum absolute atomic E-state index is 0.0321. The summed E-state index contributed by atoms with van der Waals surface area (Å²) in [6.45, 7) is 4.42. The fourth-order valence-electron chi connectivity index (χ4n) is 3.77. The average molecular weight is 413 g/mol. The number of nitro benzene ring substituents is 1. The van der Waals surface area contributed by atoms with Crippen molar-refractivity contribution < 1.29 is 23.9 Å². The van der Waals surface area contributed by atoms with Crippen LogP contribution in [0.15, 0.2) is 36.4 Å². The van der Waals surface area contributed by atoms with E-state index in [1.807, 2.05) is 24.3 Å². The normalized spacial score (nSPS) is 17.0. The highest BCUT2D eigenvalue weighted by atomic mass is 16.6. The van der Waals surface area contributed by atoms with Crippen molar-refractivity contribution in [3.8, 4) is 17.2 Å². The lowest BCUT2D eigenvalue weighted by molar-refractivity contribution is -0.385. The number of ether oxygens (including phenoxy) is 3. The van der Waals surface area contributed by atoms with Crippen molar-refractivity contribution in [1.82, 2.24) is 4.90 Å². The Balaban J connectivity index is 1.55. The molecule has 158 valence electrons. The Labute approximate surface area is 173 Å². The lowest BCUT2D eigenvalue weighted by Gasteiger charge is -2.37. The van der Waals surface area contributed by atoms with Crippen LogP contribution >= 0.6 is 0 Å². The standard InChI is InChI=1S/C21H23N3O6/c1-3-23-13-14(30-18-7-5-4-6-16(18)23)12-22(2)21(25)15-10-19-20(29-9-8-28-19)11-17(15)24(26)27/h4-7,10-11,14H,3,8-9,12-13H2,1-2H3. The van der Waals surface area contributed by atoms with Gasteiger partial charge in [0.1, 0.15) is 30.6 Å². The summed E-state index contributed by atoms with van der Waals surface area (Å²) in [6.07, 6.45) is -0.259. The number of carbonyl (C=O) groups excluding carboxylic acids is 1. The first-order valence-corrected chi connectivity index (χ1v) is 9.82. The smallest absolute Gasteiger partial charge is 0.286 e. The molecule has 0 aliphatic carbocycles. The molecular weight excluding hydrogens is 390 g/mol. The third-order valence-electron chi connectivity index (χ3n) is 5.22. The Morgan fingerprint density at radius 2 is 1.90 bits per heavy atom. The highest BCUT2D eigenvalue weighted by molar-refractivity contribution is 5.99. The van der Waals surface area contributed by atoms with Gasteiger partial charge in [-0.1, -0.05) is 12.1 Å². The van der Waals surface area contributed by atoms with Gasteiger partial charge in [-0.2, -0.15) is 0 Å². The minimum Gasteiger partial charge on any atom is -0.486 e. The van der Waals surface area contributed by atoms with Crippen LogP contribution in [0.2, 0.25) is 0 Å². The Hall–Kier alpha value is -3.49. The lowest BCUT2D eigenvalue weighted by atomic mass is 10.1. The van der Waals surface area contributed by atoms with E-state index in [1.54, 1.807) is 7.05 Å². The number of anilines is 1. The van der Waals surface area contributed by atoms with Crippen LogP contribution in [0.25, 0.3) is 0 Å². The molecule has 0 saturated heterocycles. The topological polar surface area (TPSA) is 94.4 Å². The third kappa shape index (κ3) is 3.70. The number of carbonyl (C=O) groups is 1. The number of fused-ring (bicyclic) bond motifs is 2. The number of rotatable bonds is 5. The van der Waals surface area contributed by atoms with Gasteiger partial charge in [-0.15, -0.1) is 0 Å².